The van der Waals surface area contributed by atoms with Gasteiger partial charge in [0.1, 0.15) is 0 Å². The molecule has 0 bridgehead atoms. The Kier molecular flexibility index (Phi) is 3.58. The van der Waals surface area contributed by atoms with Gasteiger partial charge in [0, 0.05) is 21.5 Å². The van der Waals surface area contributed by atoms with Crippen molar-refractivity contribution in [3.63, 3.8) is 0 Å². The number of aryl methyl sites for hydroxylation is 2. The van der Waals surface area contributed by atoms with Gasteiger partial charge in [-0.1, -0.05) is 22.0 Å². The van der Waals surface area contributed by atoms with Gasteiger partial charge in [0.2, 0.25) is 0 Å². The van der Waals surface area contributed by atoms with E-state index in [9.17, 15) is 0 Å². The molecule has 0 aliphatic rings. The maximum Gasteiger partial charge on any atom is 0.0670 e. The summed E-state index contributed by atoms with van der Waals surface area (Å²) in [5, 5.41) is 8.83. The van der Waals surface area contributed by atoms with Crippen LogP contribution in [-0.4, -0.2) is 4.57 Å². The normalized spacial score (nSPS) is 10.4. The molecule has 1 aromatic carbocycles. The Hall–Kier alpha value is -1.53. The van der Waals surface area contributed by atoms with E-state index < -0.39 is 0 Å². The molecule has 0 aliphatic heterocycles. The predicted molar refractivity (Wildman–Crippen MR) is 77.0 cm³/mol. The second-order valence-corrected chi connectivity index (χ2v) is 5.35. The van der Waals surface area contributed by atoms with Gasteiger partial charge < -0.3 is 4.57 Å². The lowest BCUT2D eigenvalue weighted by Gasteiger charge is -2.11. The maximum atomic E-state index is 8.83. The van der Waals surface area contributed by atoms with Gasteiger partial charge >= 0.3 is 0 Å². The molecule has 0 saturated carbocycles. The molecule has 2 rings (SSSR count). The third-order valence-corrected chi connectivity index (χ3v) is 4.07. The van der Waals surface area contributed by atoms with E-state index in [0.29, 0.717) is 6.42 Å². The SMILES string of the molecule is Cc1ccc(-n2c(C)cc(CC#N)c2C)cc1Br. The van der Waals surface area contributed by atoms with Crippen molar-refractivity contribution in [2.75, 3.05) is 0 Å². The first-order valence-electron chi connectivity index (χ1n) is 5.86. The van der Waals surface area contributed by atoms with Gasteiger partial charge in [-0.2, -0.15) is 5.26 Å². The molecule has 0 atom stereocenters. The first kappa shape index (κ1) is 12.9. The zero-order chi connectivity index (χ0) is 13.3. The van der Waals surface area contributed by atoms with Gasteiger partial charge in [-0.15, -0.1) is 0 Å². The number of nitriles is 1. The minimum Gasteiger partial charge on any atom is -0.318 e. The lowest BCUT2D eigenvalue weighted by atomic mass is 10.2. The lowest BCUT2D eigenvalue weighted by molar-refractivity contribution is 0.954. The van der Waals surface area contributed by atoms with Crippen molar-refractivity contribution >= 4 is 15.9 Å². The summed E-state index contributed by atoms with van der Waals surface area (Å²) in [4.78, 5) is 0. The van der Waals surface area contributed by atoms with Crippen molar-refractivity contribution < 1.29 is 0 Å². The van der Waals surface area contributed by atoms with E-state index in [1.807, 2.05) is 0 Å². The molecular weight excluding hydrogens is 288 g/mol. The van der Waals surface area contributed by atoms with E-state index in [4.69, 9.17) is 5.26 Å². The minimum absolute atomic E-state index is 0.465. The number of nitrogens with zero attached hydrogens (tertiary/aromatic N) is 2. The molecule has 2 nitrogen and oxygen atoms in total. The molecular formula is C15H15BrN2. The first-order valence-corrected chi connectivity index (χ1v) is 6.65. The fraction of sp³-hybridized carbons (Fsp3) is 0.267. The monoisotopic (exact) mass is 302 g/mol. The van der Waals surface area contributed by atoms with Crippen LogP contribution in [0.5, 0.6) is 0 Å². The smallest absolute Gasteiger partial charge is 0.0670 e. The van der Waals surface area contributed by atoms with Crippen LogP contribution in [0.3, 0.4) is 0 Å². The predicted octanol–water partition coefficient (Wildman–Crippen LogP) is 4.23. The largest absolute Gasteiger partial charge is 0.318 e. The number of rotatable bonds is 2. The first-order chi connectivity index (χ1) is 8.54. The van der Waals surface area contributed by atoms with Crippen molar-refractivity contribution in [3.8, 4) is 11.8 Å². The third-order valence-electron chi connectivity index (χ3n) is 3.22. The molecule has 92 valence electrons. The van der Waals surface area contributed by atoms with Crippen LogP contribution in [0.4, 0.5) is 0 Å². The Bertz CT molecular complexity index is 633. The van der Waals surface area contributed by atoms with Crippen molar-refractivity contribution in [2.45, 2.75) is 27.2 Å². The molecule has 1 aromatic heterocycles. The minimum atomic E-state index is 0.465. The highest BCUT2D eigenvalue weighted by molar-refractivity contribution is 9.10. The maximum absolute atomic E-state index is 8.83. The summed E-state index contributed by atoms with van der Waals surface area (Å²) in [6.45, 7) is 6.21. The van der Waals surface area contributed by atoms with Crippen LogP contribution >= 0.6 is 15.9 Å². The highest BCUT2D eigenvalue weighted by Gasteiger charge is 2.10. The summed E-state index contributed by atoms with van der Waals surface area (Å²) in [5.41, 5.74) is 5.76. The molecule has 2 aromatic rings. The van der Waals surface area contributed by atoms with Gasteiger partial charge in [-0.05, 0) is 50.1 Å². The van der Waals surface area contributed by atoms with Crippen LogP contribution in [0.1, 0.15) is 22.5 Å². The van der Waals surface area contributed by atoms with E-state index in [0.717, 1.165) is 27.1 Å². The molecule has 3 heteroatoms. The Morgan fingerprint density at radius 3 is 2.56 bits per heavy atom. The van der Waals surface area contributed by atoms with E-state index >= 15 is 0 Å². The number of halogens is 1. The highest BCUT2D eigenvalue weighted by atomic mass is 79.9. The Balaban J connectivity index is 2.57. The van der Waals surface area contributed by atoms with Crippen LogP contribution in [0.25, 0.3) is 5.69 Å². The van der Waals surface area contributed by atoms with Gasteiger partial charge in [0.05, 0.1) is 12.5 Å². The van der Waals surface area contributed by atoms with Crippen LogP contribution < -0.4 is 0 Å². The summed E-state index contributed by atoms with van der Waals surface area (Å²) in [6, 6.07) is 10.6. The highest BCUT2D eigenvalue weighted by Crippen LogP contribution is 2.25. The third kappa shape index (κ3) is 2.21. The van der Waals surface area contributed by atoms with Crippen LogP contribution in [0, 0.1) is 32.1 Å². The van der Waals surface area contributed by atoms with Gasteiger partial charge in [-0.3, -0.25) is 0 Å². The number of benzene rings is 1. The molecule has 1 heterocycles. The van der Waals surface area contributed by atoms with Crippen LogP contribution in [0.15, 0.2) is 28.7 Å². The van der Waals surface area contributed by atoms with E-state index in [1.54, 1.807) is 0 Å². The van der Waals surface area contributed by atoms with Gasteiger partial charge in [0.25, 0.3) is 0 Å². The molecule has 0 saturated heterocycles. The van der Waals surface area contributed by atoms with Crippen molar-refractivity contribution in [2.24, 2.45) is 0 Å². The van der Waals surface area contributed by atoms with Crippen LogP contribution in [0.2, 0.25) is 0 Å². The van der Waals surface area contributed by atoms with Crippen molar-refractivity contribution in [1.82, 2.24) is 4.57 Å². The average molecular weight is 303 g/mol. The summed E-state index contributed by atoms with van der Waals surface area (Å²) < 4.78 is 3.30. The number of aromatic nitrogens is 1. The summed E-state index contributed by atoms with van der Waals surface area (Å²) in [5.74, 6) is 0. The Morgan fingerprint density at radius 1 is 1.22 bits per heavy atom. The van der Waals surface area contributed by atoms with E-state index in [1.165, 1.54) is 5.56 Å². The van der Waals surface area contributed by atoms with E-state index in [2.05, 4.69) is 71.6 Å². The molecule has 18 heavy (non-hydrogen) atoms. The molecule has 0 aliphatic carbocycles. The molecule has 0 unspecified atom stereocenters. The zero-order valence-electron chi connectivity index (χ0n) is 10.8. The second kappa shape index (κ2) is 4.99. The molecule has 0 amide bonds. The van der Waals surface area contributed by atoms with E-state index in [-0.39, 0.29) is 0 Å². The quantitative estimate of drug-likeness (QED) is 0.816. The summed E-state index contributed by atoms with van der Waals surface area (Å²) >= 11 is 3.56. The number of hydrogen-bond donors (Lipinski definition) is 0. The molecule has 0 radical (unpaired) electrons. The second-order valence-electron chi connectivity index (χ2n) is 4.50. The fourth-order valence-electron chi connectivity index (χ4n) is 2.21. The molecule has 0 fully saturated rings. The summed E-state index contributed by atoms with van der Waals surface area (Å²) in [7, 11) is 0. The number of hydrogen-bond acceptors (Lipinski definition) is 1. The Morgan fingerprint density at radius 2 is 1.94 bits per heavy atom. The Labute approximate surface area is 116 Å². The van der Waals surface area contributed by atoms with Gasteiger partial charge in [0.15, 0.2) is 0 Å². The van der Waals surface area contributed by atoms with Crippen LogP contribution in [-0.2, 0) is 6.42 Å². The average Bonchev–Trinajstić information content (AvgIpc) is 2.59. The lowest BCUT2D eigenvalue weighted by Crippen LogP contribution is -2.00. The van der Waals surface area contributed by atoms with Gasteiger partial charge in [-0.25, -0.2) is 0 Å². The van der Waals surface area contributed by atoms with Crippen molar-refractivity contribution in [3.05, 3.63) is 51.3 Å². The molecule has 0 spiro atoms. The van der Waals surface area contributed by atoms with Crippen molar-refractivity contribution in [1.29, 1.82) is 5.26 Å². The zero-order valence-corrected chi connectivity index (χ0v) is 12.4. The molecule has 0 N–H and O–H groups in total. The summed E-state index contributed by atoms with van der Waals surface area (Å²) in [6.07, 6.45) is 0.465. The fourth-order valence-corrected chi connectivity index (χ4v) is 2.58. The topological polar surface area (TPSA) is 28.7 Å². The standard InChI is InChI=1S/C15H15BrN2/c1-10-4-5-14(9-15(10)16)18-11(2)8-13(6-7-17)12(18)3/h4-5,8-9H,6H2,1-3H3.